The number of nitrogens with zero attached hydrogens (tertiary/aromatic N) is 1. The third kappa shape index (κ3) is 2.61. The highest BCUT2D eigenvalue weighted by molar-refractivity contribution is 7.71. The Morgan fingerprint density at radius 1 is 1.50 bits per heavy atom. The van der Waals surface area contributed by atoms with E-state index in [0.717, 1.165) is 17.5 Å². The van der Waals surface area contributed by atoms with Crippen molar-refractivity contribution in [3.05, 3.63) is 29.0 Å². The van der Waals surface area contributed by atoms with E-state index in [9.17, 15) is 4.79 Å². The highest BCUT2D eigenvalue weighted by Gasteiger charge is 2.11. The summed E-state index contributed by atoms with van der Waals surface area (Å²) < 4.78 is 7.56. The zero-order valence-electron chi connectivity index (χ0n) is 10.5. The monoisotopic (exact) mass is 264 g/mol. The van der Waals surface area contributed by atoms with Crippen molar-refractivity contribution in [1.29, 1.82) is 0 Å². The maximum atomic E-state index is 11.8. The van der Waals surface area contributed by atoms with Crippen LogP contribution in [0.4, 0.5) is 0 Å². The second kappa shape index (κ2) is 5.35. The third-order valence-corrected chi connectivity index (χ3v) is 3.20. The van der Waals surface area contributed by atoms with Gasteiger partial charge >= 0.3 is 5.97 Å². The molecule has 0 aliphatic rings. The Hall–Kier alpha value is -1.62. The molecule has 1 aromatic heterocycles. The molecule has 0 bridgehead atoms. The summed E-state index contributed by atoms with van der Waals surface area (Å²) in [5.41, 5.74) is 1.85. The number of aromatic amines is 1. The zero-order chi connectivity index (χ0) is 13.1. The van der Waals surface area contributed by atoms with E-state index in [2.05, 4.69) is 4.98 Å². The lowest BCUT2D eigenvalue weighted by Gasteiger charge is -2.11. The molecular formula is C13H16N2O2S. The van der Waals surface area contributed by atoms with Crippen LogP contribution in [0.2, 0.25) is 0 Å². The molecule has 5 heteroatoms. The Morgan fingerprint density at radius 3 is 2.94 bits per heavy atom. The SMILES string of the molecule is CCC(C)OC(=O)Cn1c(=S)[nH]c2ccccc21. The summed E-state index contributed by atoms with van der Waals surface area (Å²) in [4.78, 5) is 14.8. The molecule has 4 nitrogen and oxygen atoms in total. The summed E-state index contributed by atoms with van der Waals surface area (Å²) in [5.74, 6) is -0.259. The molecule has 1 unspecified atom stereocenters. The lowest BCUT2D eigenvalue weighted by atomic mass is 10.3. The van der Waals surface area contributed by atoms with Crippen molar-refractivity contribution in [3.63, 3.8) is 0 Å². The molecule has 0 fully saturated rings. The number of benzene rings is 1. The Morgan fingerprint density at radius 2 is 2.22 bits per heavy atom. The molecular weight excluding hydrogens is 248 g/mol. The van der Waals surface area contributed by atoms with Crippen LogP contribution in [-0.2, 0) is 16.1 Å². The van der Waals surface area contributed by atoms with Crippen molar-refractivity contribution >= 4 is 29.2 Å². The van der Waals surface area contributed by atoms with Crippen molar-refractivity contribution in [2.45, 2.75) is 32.9 Å². The highest BCUT2D eigenvalue weighted by atomic mass is 32.1. The molecule has 0 aliphatic carbocycles. The normalized spacial score (nSPS) is 12.6. The largest absolute Gasteiger partial charge is 0.461 e. The number of H-pyrrole nitrogens is 1. The number of ether oxygens (including phenoxy) is 1. The van der Waals surface area contributed by atoms with Gasteiger partial charge in [-0.1, -0.05) is 19.1 Å². The van der Waals surface area contributed by atoms with E-state index in [4.69, 9.17) is 17.0 Å². The molecule has 0 radical (unpaired) electrons. The van der Waals surface area contributed by atoms with Crippen molar-refractivity contribution in [2.24, 2.45) is 0 Å². The number of aromatic nitrogens is 2. The predicted molar refractivity (Wildman–Crippen MR) is 73.0 cm³/mol. The van der Waals surface area contributed by atoms with Crippen LogP contribution < -0.4 is 0 Å². The van der Waals surface area contributed by atoms with Crippen molar-refractivity contribution in [3.8, 4) is 0 Å². The highest BCUT2D eigenvalue weighted by Crippen LogP contribution is 2.13. The van der Waals surface area contributed by atoms with E-state index in [0.29, 0.717) is 4.77 Å². The van der Waals surface area contributed by atoms with E-state index in [1.165, 1.54) is 0 Å². The van der Waals surface area contributed by atoms with Crippen LogP contribution in [0.3, 0.4) is 0 Å². The molecule has 0 amide bonds. The Balaban J connectivity index is 2.24. The van der Waals surface area contributed by atoms with E-state index >= 15 is 0 Å². The molecule has 2 rings (SSSR count). The van der Waals surface area contributed by atoms with Gasteiger partial charge in [0.25, 0.3) is 0 Å². The van der Waals surface area contributed by atoms with Crippen molar-refractivity contribution in [2.75, 3.05) is 0 Å². The number of imidazole rings is 1. The first-order valence-electron chi connectivity index (χ1n) is 5.99. The van der Waals surface area contributed by atoms with Crippen LogP contribution in [0, 0.1) is 4.77 Å². The number of rotatable bonds is 4. The van der Waals surface area contributed by atoms with Crippen LogP contribution in [-0.4, -0.2) is 21.6 Å². The molecule has 0 saturated heterocycles. The van der Waals surface area contributed by atoms with Gasteiger partial charge < -0.3 is 14.3 Å². The van der Waals surface area contributed by atoms with Gasteiger partial charge in [-0.2, -0.15) is 0 Å². The first-order chi connectivity index (χ1) is 8.61. The third-order valence-electron chi connectivity index (χ3n) is 2.88. The standard InChI is InChI=1S/C13H16N2O2S/c1-3-9(2)17-12(16)8-15-11-7-5-4-6-10(11)14-13(15)18/h4-7,9H,3,8H2,1-2H3,(H,14,18). The number of nitrogens with one attached hydrogen (secondary N) is 1. The van der Waals surface area contributed by atoms with Crippen LogP contribution >= 0.6 is 12.2 Å². The van der Waals surface area contributed by atoms with Crippen LogP contribution in [0.25, 0.3) is 11.0 Å². The summed E-state index contributed by atoms with van der Waals surface area (Å²) in [7, 11) is 0. The quantitative estimate of drug-likeness (QED) is 0.682. The second-order valence-corrected chi connectivity index (χ2v) is 4.63. The van der Waals surface area contributed by atoms with Gasteiger partial charge in [-0.3, -0.25) is 4.79 Å². The second-order valence-electron chi connectivity index (χ2n) is 4.24. The zero-order valence-corrected chi connectivity index (χ0v) is 11.3. The summed E-state index contributed by atoms with van der Waals surface area (Å²) in [6, 6.07) is 7.71. The molecule has 18 heavy (non-hydrogen) atoms. The van der Waals surface area contributed by atoms with E-state index in [-0.39, 0.29) is 18.6 Å². The maximum Gasteiger partial charge on any atom is 0.326 e. The fourth-order valence-corrected chi connectivity index (χ4v) is 2.01. The van der Waals surface area contributed by atoms with Gasteiger partial charge in [0.2, 0.25) is 0 Å². The average molecular weight is 264 g/mol. The first-order valence-corrected chi connectivity index (χ1v) is 6.39. The van der Waals surface area contributed by atoms with Crippen molar-refractivity contribution in [1.82, 2.24) is 9.55 Å². The lowest BCUT2D eigenvalue weighted by Crippen LogP contribution is -2.19. The van der Waals surface area contributed by atoms with Gasteiger partial charge in [-0.25, -0.2) is 0 Å². The molecule has 1 N–H and O–H groups in total. The van der Waals surface area contributed by atoms with Gasteiger partial charge in [0.1, 0.15) is 6.54 Å². The number of carbonyl (C=O) groups excluding carboxylic acids is 1. The molecule has 1 heterocycles. The maximum absolute atomic E-state index is 11.8. The molecule has 0 spiro atoms. The van der Waals surface area contributed by atoms with Crippen LogP contribution in [0.15, 0.2) is 24.3 Å². The fraction of sp³-hybridized carbons (Fsp3) is 0.385. The van der Waals surface area contributed by atoms with E-state index < -0.39 is 0 Å². The smallest absolute Gasteiger partial charge is 0.326 e. The van der Waals surface area contributed by atoms with Crippen LogP contribution in [0.5, 0.6) is 0 Å². The minimum absolute atomic E-state index is 0.0584. The number of hydrogen-bond donors (Lipinski definition) is 1. The molecule has 96 valence electrons. The van der Waals surface area contributed by atoms with Crippen molar-refractivity contribution < 1.29 is 9.53 Å². The lowest BCUT2D eigenvalue weighted by molar-refractivity contribution is -0.149. The fourth-order valence-electron chi connectivity index (χ4n) is 1.74. The van der Waals surface area contributed by atoms with E-state index in [1.54, 1.807) is 4.57 Å². The average Bonchev–Trinajstić information content (AvgIpc) is 2.66. The number of fused-ring (bicyclic) bond motifs is 1. The minimum Gasteiger partial charge on any atom is -0.461 e. The summed E-state index contributed by atoms with van der Waals surface area (Å²) in [5, 5.41) is 0. The molecule has 0 saturated carbocycles. The van der Waals surface area contributed by atoms with Gasteiger partial charge in [0, 0.05) is 0 Å². The summed E-state index contributed by atoms with van der Waals surface area (Å²) >= 11 is 5.21. The van der Waals surface area contributed by atoms with Gasteiger partial charge in [0.15, 0.2) is 4.77 Å². The number of esters is 1. The Labute approximate surface area is 111 Å². The van der Waals surface area contributed by atoms with Gasteiger partial charge in [0.05, 0.1) is 17.1 Å². The Bertz CT molecular complexity index is 615. The number of para-hydroxylation sites is 2. The topological polar surface area (TPSA) is 47.0 Å². The van der Waals surface area contributed by atoms with Crippen LogP contribution in [0.1, 0.15) is 20.3 Å². The van der Waals surface area contributed by atoms with E-state index in [1.807, 2.05) is 38.1 Å². The van der Waals surface area contributed by atoms with Gasteiger partial charge in [-0.15, -0.1) is 0 Å². The Kier molecular flexibility index (Phi) is 3.81. The summed E-state index contributed by atoms with van der Waals surface area (Å²) in [6.45, 7) is 4.01. The summed E-state index contributed by atoms with van der Waals surface area (Å²) in [6.07, 6.45) is 0.752. The molecule has 2 aromatic rings. The molecule has 1 aromatic carbocycles. The number of hydrogen-bond acceptors (Lipinski definition) is 3. The molecule has 0 aliphatic heterocycles. The first kappa shape index (κ1) is 12.8. The van der Waals surface area contributed by atoms with Gasteiger partial charge in [-0.05, 0) is 37.7 Å². The number of carbonyl (C=O) groups is 1. The minimum atomic E-state index is -0.259. The predicted octanol–water partition coefficient (Wildman–Crippen LogP) is 3.04. The molecule has 1 atom stereocenters.